The first kappa shape index (κ1) is 13.2. The van der Waals surface area contributed by atoms with Crippen molar-refractivity contribution in [3.8, 4) is 6.07 Å². The molecular formula is C14H18ClN3. The van der Waals surface area contributed by atoms with Crippen LogP contribution in [0.4, 0.5) is 5.69 Å². The van der Waals surface area contributed by atoms with Crippen LogP contribution in [-0.2, 0) is 6.54 Å². The van der Waals surface area contributed by atoms with Crippen molar-refractivity contribution in [1.29, 1.82) is 5.26 Å². The van der Waals surface area contributed by atoms with Gasteiger partial charge in [-0.15, -0.1) is 0 Å². The number of anilines is 1. The van der Waals surface area contributed by atoms with E-state index >= 15 is 0 Å². The summed E-state index contributed by atoms with van der Waals surface area (Å²) in [6, 6.07) is 8.23. The molecule has 18 heavy (non-hydrogen) atoms. The lowest BCUT2D eigenvalue weighted by Gasteiger charge is -2.24. The number of hydrogen-bond acceptors (Lipinski definition) is 3. The van der Waals surface area contributed by atoms with Gasteiger partial charge in [0.05, 0.1) is 12.6 Å². The first-order chi connectivity index (χ1) is 8.72. The lowest BCUT2D eigenvalue weighted by molar-refractivity contribution is 0.367. The number of halogens is 1. The van der Waals surface area contributed by atoms with Crippen molar-refractivity contribution >= 4 is 17.3 Å². The molecule has 1 aliphatic rings. The molecule has 1 saturated heterocycles. The third-order valence-electron chi connectivity index (χ3n) is 3.31. The van der Waals surface area contributed by atoms with Gasteiger partial charge in [0.2, 0.25) is 0 Å². The first-order valence-electron chi connectivity index (χ1n) is 6.30. The summed E-state index contributed by atoms with van der Waals surface area (Å²) in [5.41, 5.74) is 2.36. The highest BCUT2D eigenvalue weighted by atomic mass is 35.5. The second-order valence-corrected chi connectivity index (χ2v) is 5.17. The minimum absolute atomic E-state index is 0.421. The molecule has 0 atom stereocenters. The van der Waals surface area contributed by atoms with E-state index in [9.17, 15) is 0 Å². The topological polar surface area (TPSA) is 30.3 Å². The zero-order valence-electron chi connectivity index (χ0n) is 10.7. The Kier molecular flexibility index (Phi) is 4.46. The molecule has 1 aromatic carbocycles. The van der Waals surface area contributed by atoms with E-state index in [1.807, 2.05) is 24.1 Å². The Bertz CT molecular complexity index is 447. The van der Waals surface area contributed by atoms with Crippen molar-refractivity contribution in [2.24, 2.45) is 0 Å². The van der Waals surface area contributed by atoms with Crippen molar-refractivity contribution in [1.82, 2.24) is 4.90 Å². The first-order valence-corrected chi connectivity index (χ1v) is 6.68. The van der Waals surface area contributed by atoms with Gasteiger partial charge in [0, 0.05) is 35.9 Å². The molecule has 1 fully saturated rings. The zero-order valence-corrected chi connectivity index (χ0v) is 11.5. The summed E-state index contributed by atoms with van der Waals surface area (Å²) in [5, 5.41) is 9.53. The number of rotatable bonds is 4. The third-order valence-corrected chi connectivity index (χ3v) is 3.66. The highest BCUT2D eigenvalue weighted by molar-refractivity contribution is 6.31. The van der Waals surface area contributed by atoms with Gasteiger partial charge < -0.3 is 4.90 Å². The molecule has 0 unspecified atom stereocenters. The highest BCUT2D eigenvalue weighted by Gasteiger charge is 2.18. The summed E-state index contributed by atoms with van der Waals surface area (Å²) in [5.74, 6) is 0. The molecule has 0 aromatic heterocycles. The van der Waals surface area contributed by atoms with Gasteiger partial charge in [-0.25, -0.2) is 0 Å². The molecule has 1 heterocycles. The average molecular weight is 264 g/mol. The van der Waals surface area contributed by atoms with E-state index in [0.29, 0.717) is 6.54 Å². The summed E-state index contributed by atoms with van der Waals surface area (Å²) in [6.45, 7) is 3.36. The van der Waals surface area contributed by atoms with Gasteiger partial charge >= 0.3 is 0 Å². The number of nitriles is 1. The Morgan fingerprint density at radius 1 is 1.39 bits per heavy atom. The Hall–Kier alpha value is -1.24. The van der Waals surface area contributed by atoms with E-state index < -0.39 is 0 Å². The highest BCUT2D eigenvalue weighted by Crippen LogP contribution is 2.30. The second-order valence-electron chi connectivity index (χ2n) is 4.76. The maximum absolute atomic E-state index is 8.73. The van der Waals surface area contributed by atoms with Crippen LogP contribution in [0.1, 0.15) is 18.4 Å². The maximum atomic E-state index is 8.73. The molecule has 0 spiro atoms. The van der Waals surface area contributed by atoms with Crippen LogP contribution in [0.5, 0.6) is 0 Å². The molecule has 0 N–H and O–H groups in total. The Labute approximate surface area is 114 Å². The maximum Gasteiger partial charge on any atom is 0.0866 e. The Morgan fingerprint density at radius 3 is 2.78 bits per heavy atom. The molecule has 4 heteroatoms. The van der Waals surface area contributed by atoms with Gasteiger partial charge in [-0.05, 0) is 32.0 Å². The van der Waals surface area contributed by atoms with E-state index in [-0.39, 0.29) is 0 Å². The molecule has 0 amide bonds. The lowest BCUT2D eigenvalue weighted by Crippen LogP contribution is -2.23. The molecule has 1 aliphatic heterocycles. The second kappa shape index (κ2) is 6.08. The third kappa shape index (κ3) is 2.95. The predicted octanol–water partition coefficient (Wildman–Crippen LogP) is 2.90. The van der Waals surface area contributed by atoms with Crippen molar-refractivity contribution in [3.63, 3.8) is 0 Å². The lowest BCUT2D eigenvalue weighted by atomic mass is 10.1. The van der Waals surface area contributed by atoms with Crippen molar-refractivity contribution in [2.45, 2.75) is 19.4 Å². The van der Waals surface area contributed by atoms with Crippen molar-refractivity contribution < 1.29 is 0 Å². The van der Waals surface area contributed by atoms with Crippen LogP contribution in [0, 0.1) is 11.3 Å². The van der Waals surface area contributed by atoms with Crippen LogP contribution in [0.3, 0.4) is 0 Å². The van der Waals surface area contributed by atoms with E-state index in [4.69, 9.17) is 16.9 Å². The standard InChI is InChI=1S/C14H18ClN3/c1-17(10-7-16)11-12-13(15)5-4-6-14(12)18-8-2-3-9-18/h4-6H,2-3,8-11H2,1H3. The summed E-state index contributed by atoms with van der Waals surface area (Å²) < 4.78 is 0. The quantitative estimate of drug-likeness (QED) is 0.783. The number of nitrogens with zero attached hydrogens (tertiary/aromatic N) is 3. The SMILES string of the molecule is CN(CC#N)Cc1c(Cl)cccc1N1CCCC1. The molecule has 0 aliphatic carbocycles. The Balaban J connectivity index is 2.23. The Morgan fingerprint density at radius 2 is 2.11 bits per heavy atom. The molecule has 0 saturated carbocycles. The van der Waals surface area contributed by atoms with Crippen LogP contribution >= 0.6 is 11.6 Å². The van der Waals surface area contributed by atoms with E-state index in [1.165, 1.54) is 18.5 Å². The fourth-order valence-electron chi connectivity index (χ4n) is 2.40. The van der Waals surface area contributed by atoms with Crippen molar-refractivity contribution in [3.05, 3.63) is 28.8 Å². The largest absolute Gasteiger partial charge is 0.371 e. The molecule has 96 valence electrons. The van der Waals surface area contributed by atoms with E-state index in [0.717, 1.165) is 30.2 Å². The van der Waals surface area contributed by atoms with Crippen molar-refractivity contribution in [2.75, 3.05) is 31.6 Å². The molecule has 0 radical (unpaired) electrons. The van der Waals surface area contributed by atoms with Crippen LogP contribution in [0.25, 0.3) is 0 Å². The summed E-state index contributed by atoms with van der Waals surface area (Å²) in [7, 11) is 1.94. The van der Waals surface area contributed by atoms with E-state index in [2.05, 4.69) is 17.0 Å². The minimum atomic E-state index is 0.421. The van der Waals surface area contributed by atoms with Gasteiger partial charge in [-0.3, -0.25) is 4.90 Å². The monoisotopic (exact) mass is 263 g/mol. The van der Waals surface area contributed by atoms with Gasteiger partial charge in [-0.2, -0.15) is 5.26 Å². The fraction of sp³-hybridized carbons (Fsp3) is 0.500. The van der Waals surface area contributed by atoms with Gasteiger partial charge in [0.1, 0.15) is 0 Å². The number of hydrogen-bond donors (Lipinski definition) is 0. The van der Waals surface area contributed by atoms with Gasteiger partial charge in [0.15, 0.2) is 0 Å². The van der Waals surface area contributed by atoms with Gasteiger partial charge in [0.25, 0.3) is 0 Å². The molecule has 1 aromatic rings. The summed E-state index contributed by atoms with van der Waals surface area (Å²) in [6.07, 6.45) is 2.50. The molecule has 0 bridgehead atoms. The smallest absolute Gasteiger partial charge is 0.0866 e. The molecule has 3 nitrogen and oxygen atoms in total. The summed E-state index contributed by atoms with van der Waals surface area (Å²) in [4.78, 5) is 4.38. The van der Waals surface area contributed by atoms with E-state index in [1.54, 1.807) is 0 Å². The predicted molar refractivity (Wildman–Crippen MR) is 74.8 cm³/mol. The normalized spacial score (nSPS) is 15.1. The van der Waals surface area contributed by atoms with Crippen LogP contribution in [0.2, 0.25) is 5.02 Å². The van der Waals surface area contributed by atoms with Crippen LogP contribution < -0.4 is 4.90 Å². The summed E-state index contributed by atoms with van der Waals surface area (Å²) >= 11 is 6.32. The fourth-order valence-corrected chi connectivity index (χ4v) is 2.63. The van der Waals surface area contributed by atoms with Crippen LogP contribution in [-0.4, -0.2) is 31.6 Å². The zero-order chi connectivity index (χ0) is 13.0. The molecular weight excluding hydrogens is 246 g/mol. The van der Waals surface area contributed by atoms with Gasteiger partial charge in [-0.1, -0.05) is 17.7 Å². The average Bonchev–Trinajstić information content (AvgIpc) is 2.85. The number of benzene rings is 1. The van der Waals surface area contributed by atoms with Crippen LogP contribution in [0.15, 0.2) is 18.2 Å². The molecule has 2 rings (SSSR count). The minimum Gasteiger partial charge on any atom is -0.371 e.